The number of hydrogen-bond acceptors (Lipinski definition) is 5. The molecule has 0 saturated heterocycles. The first-order valence-electron chi connectivity index (χ1n) is 6.68. The van der Waals surface area contributed by atoms with Gasteiger partial charge in [0.15, 0.2) is 5.65 Å². The van der Waals surface area contributed by atoms with Crippen LogP contribution in [0.25, 0.3) is 11.2 Å². The SMILES string of the molecule is CC(C)n1c(Nc2ccc(F)c(Cl)c2)nc2cnc(N)nc21. The van der Waals surface area contributed by atoms with Crippen molar-refractivity contribution in [2.45, 2.75) is 19.9 Å². The minimum absolute atomic E-state index is 0.0428. The molecule has 8 heteroatoms. The first-order chi connectivity index (χ1) is 10.5. The van der Waals surface area contributed by atoms with Crippen LogP contribution in [0.15, 0.2) is 24.4 Å². The zero-order valence-electron chi connectivity index (χ0n) is 12.0. The van der Waals surface area contributed by atoms with Crippen molar-refractivity contribution in [2.24, 2.45) is 0 Å². The van der Waals surface area contributed by atoms with E-state index in [9.17, 15) is 4.39 Å². The average Bonchev–Trinajstić information content (AvgIpc) is 2.80. The van der Waals surface area contributed by atoms with Crippen molar-refractivity contribution < 1.29 is 4.39 Å². The van der Waals surface area contributed by atoms with Crippen LogP contribution in [0.2, 0.25) is 5.02 Å². The summed E-state index contributed by atoms with van der Waals surface area (Å²) in [5.41, 5.74) is 7.54. The number of halogens is 2. The number of benzene rings is 1. The summed E-state index contributed by atoms with van der Waals surface area (Å²) in [6.45, 7) is 4.00. The molecular formula is C14H14ClFN6. The van der Waals surface area contributed by atoms with E-state index in [1.807, 2.05) is 18.4 Å². The Bertz CT molecular complexity index is 845. The van der Waals surface area contributed by atoms with Gasteiger partial charge in [0.2, 0.25) is 11.9 Å². The smallest absolute Gasteiger partial charge is 0.222 e. The molecule has 3 aromatic rings. The molecule has 0 fully saturated rings. The van der Waals surface area contributed by atoms with Crippen molar-refractivity contribution in [1.29, 1.82) is 0 Å². The van der Waals surface area contributed by atoms with Gasteiger partial charge in [0.25, 0.3) is 0 Å². The van der Waals surface area contributed by atoms with Gasteiger partial charge in [0.1, 0.15) is 11.3 Å². The number of rotatable bonds is 3. The molecule has 0 bridgehead atoms. The molecular weight excluding hydrogens is 307 g/mol. The van der Waals surface area contributed by atoms with Crippen molar-refractivity contribution in [2.75, 3.05) is 11.1 Å². The van der Waals surface area contributed by atoms with Gasteiger partial charge in [-0.05, 0) is 32.0 Å². The summed E-state index contributed by atoms with van der Waals surface area (Å²) in [5, 5.41) is 3.17. The van der Waals surface area contributed by atoms with Crippen LogP contribution >= 0.6 is 11.6 Å². The maximum atomic E-state index is 13.2. The van der Waals surface area contributed by atoms with Gasteiger partial charge in [-0.3, -0.25) is 4.57 Å². The number of nitrogens with two attached hydrogens (primary N) is 1. The fourth-order valence-corrected chi connectivity index (χ4v) is 2.36. The highest BCUT2D eigenvalue weighted by atomic mass is 35.5. The van der Waals surface area contributed by atoms with Gasteiger partial charge in [-0.25, -0.2) is 14.4 Å². The molecule has 114 valence electrons. The second-order valence-corrected chi connectivity index (χ2v) is 5.50. The average molecular weight is 321 g/mol. The number of nitrogens with zero attached hydrogens (tertiary/aromatic N) is 4. The van der Waals surface area contributed by atoms with Gasteiger partial charge in [-0.1, -0.05) is 11.6 Å². The van der Waals surface area contributed by atoms with E-state index >= 15 is 0 Å². The minimum atomic E-state index is -0.469. The van der Waals surface area contributed by atoms with Crippen LogP contribution in [0.1, 0.15) is 19.9 Å². The van der Waals surface area contributed by atoms with Crippen LogP contribution in [-0.4, -0.2) is 19.5 Å². The van der Waals surface area contributed by atoms with Gasteiger partial charge >= 0.3 is 0 Å². The molecule has 0 aliphatic heterocycles. The Morgan fingerprint density at radius 3 is 2.77 bits per heavy atom. The molecule has 0 aliphatic rings. The molecule has 0 atom stereocenters. The summed E-state index contributed by atoms with van der Waals surface area (Å²) < 4.78 is 15.1. The lowest BCUT2D eigenvalue weighted by Gasteiger charge is -2.13. The van der Waals surface area contributed by atoms with Crippen LogP contribution in [0.5, 0.6) is 0 Å². The number of anilines is 3. The molecule has 0 spiro atoms. The molecule has 0 saturated carbocycles. The van der Waals surface area contributed by atoms with E-state index in [1.165, 1.54) is 12.1 Å². The Labute approximate surface area is 131 Å². The molecule has 0 amide bonds. The molecule has 22 heavy (non-hydrogen) atoms. The minimum Gasteiger partial charge on any atom is -0.368 e. The van der Waals surface area contributed by atoms with Gasteiger partial charge in [-0.2, -0.15) is 4.98 Å². The van der Waals surface area contributed by atoms with Gasteiger partial charge in [-0.15, -0.1) is 0 Å². The monoisotopic (exact) mass is 320 g/mol. The predicted molar refractivity (Wildman–Crippen MR) is 84.8 cm³/mol. The lowest BCUT2D eigenvalue weighted by Crippen LogP contribution is -2.07. The zero-order chi connectivity index (χ0) is 15.9. The topological polar surface area (TPSA) is 81.7 Å². The maximum absolute atomic E-state index is 13.2. The summed E-state index contributed by atoms with van der Waals surface area (Å²) in [4.78, 5) is 12.6. The Morgan fingerprint density at radius 2 is 2.09 bits per heavy atom. The first-order valence-corrected chi connectivity index (χ1v) is 7.06. The third kappa shape index (κ3) is 2.55. The highest BCUT2D eigenvalue weighted by Gasteiger charge is 2.16. The van der Waals surface area contributed by atoms with Crippen molar-refractivity contribution in [3.8, 4) is 0 Å². The summed E-state index contributed by atoms with van der Waals surface area (Å²) in [5.74, 6) is 0.279. The van der Waals surface area contributed by atoms with Crippen molar-refractivity contribution >= 4 is 40.3 Å². The first kappa shape index (κ1) is 14.5. The normalized spacial score (nSPS) is 11.3. The van der Waals surface area contributed by atoms with E-state index in [1.54, 1.807) is 12.3 Å². The van der Waals surface area contributed by atoms with E-state index < -0.39 is 5.82 Å². The number of nitrogens with one attached hydrogen (secondary N) is 1. The van der Waals surface area contributed by atoms with Gasteiger partial charge in [0.05, 0.1) is 11.2 Å². The standard InChI is InChI=1S/C14H14ClFN6/c1-7(2)22-12-11(6-18-13(17)21-12)20-14(22)19-8-3-4-10(16)9(15)5-8/h3-7H,1-2H3,(H,19,20)(H2,17,18,21). The highest BCUT2D eigenvalue weighted by molar-refractivity contribution is 6.31. The van der Waals surface area contributed by atoms with Crippen molar-refractivity contribution in [1.82, 2.24) is 19.5 Å². The second kappa shape index (κ2) is 5.42. The lowest BCUT2D eigenvalue weighted by molar-refractivity contribution is 0.620. The Morgan fingerprint density at radius 1 is 1.32 bits per heavy atom. The Hall–Kier alpha value is -2.41. The maximum Gasteiger partial charge on any atom is 0.222 e. The summed E-state index contributed by atoms with van der Waals surface area (Å²) in [7, 11) is 0. The van der Waals surface area contributed by atoms with Crippen LogP contribution in [0.3, 0.4) is 0 Å². The molecule has 0 aliphatic carbocycles. The van der Waals surface area contributed by atoms with Crippen molar-refractivity contribution in [3.63, 3.8) is 0 Å². The third-order valence-electron chi connectivity index (χ3n) is 3.14. The fraction of sp³-hybridized carbons (Fsp3) is 0.214. The van der Waals surface area contributed by atoms with Crippen molar-refractivity contribution in [3.05, 3.63) is 35.2 Å². The van der Waals surface area contributed by atoms with Crippen LogP contribution in [0.4, 0.5) is 22.0 Å². The Kier molecular flexibility index (Phi) is 3.58. The van der Waals surface area contributed by atoms with E-state index in [-0.39, 0.29) is 17.0 Å². The third-order valence-corrected chi connectivity index (χ3v) is 3.43. The Balaban J connectivity index is 2.09. The number of nitrogen functional groups attached to an aromatic ring is 1. The van der Waals surface area contributed by atoms with Gasteiger partial charge in [0, 0.05) is 11.7 Å². The summed E-state index contributed by atoms with van der Waals surface area (Å²) in [6, 6.07) is 4.48. The van der Waals surface area contributed by atoms with E-state index in [2.05, 4.69) is 20.3 Å². The van der Waals surface area contributed by atoms with Crippen LogP contribution in [0, 0.1) is 5.82 Å². The van der Waals surface area contributed by atoms with Crippen LogP contribution < -0.4 is 11.1 Å². The van der Waals surface area contributed by atoms with E-state index in [0.717, 1.165) is 0 Å². The zero-order valence-corrected chi connectivity index (χ0v) is 12.8. The van der Waals surface area contributed by atoms with Gasteiger partial charge < -0.3 is 11.1 Å². The number of aromatic nitrogens is 4. The molecule has 6 nitrogen and oxygen atoms in total. The van der Waals surface area contributed by atoms with Crippen LogP contribution in [-0.2, 0) is 0 Å². The predicted octanol–water partition coefficient (Wildman–Crippen LogP) is 3.53. The molecule has 3 N–H and O–H groups in total. The largest absolute Gasteiger partial charge is 0.368 e. The summed E-state index contributed by atoms with van der Waals surface area (Å²) >= 11 is 5.80. The second-order valence-electron chi connectivity index (χ2n) is 5.09. The molecule has 2 aromatic heterocycles. The number of fused-ring (bicyclic) bond motifs is 1. The molecule has 0 unspecified atom stereocenters. The highest BCUT2D eigenvalue weighted by Crippen LogP contribution is 2.27. The molecule has 1 aromatic carbocycles. The number of hydrogen-bond donors (Lipinski definition) is 2. The number of imidazole rings is 1. The lowest BCUT2D eigenvalue weighted by atomic mass is 10.3. The quantitative estimate of drug-likeness (QED) is 0.771. The molecule has 2 heterocycles. The van der Waals surface area contributed by atoms with E-state index in [4.69, 9.17) is 17.3 Å². The fourth-order valence-electron chi connectivity index (χ4n) is 2.18. The van der Waals surface area contributed by atoms with E-state index in [0.29, 0.717) is 22.8 Å². The summed E-state index contributed by atoms with van der Waals surface area (Å²) in [6.07, 6.45) is 1.57. The molecule has 0 radical (unpaired) electrons. The molecule has 3 rings (SSSR count).